The van der Waals surface area contributed by atoms with Crippen LogP contribution >= 0.6 is 0 Å². The minimum absolute atomic E-state index is 0.273. The van der Waals surface area contributed by atoms with Crippen molar-refractivity contribution in [2.45, 2.75) is 13.0 Å². The van der Waals surface area contributed by atoms with E-state index in [9.17, 15) is 8.78 Å². The fourth-order valence-corrected chi connectivity index (χ4v) is 2.37. The van der Waals surface area contributed by atoms with E-state index >= 15 is 0 Å². The number of para-hydroxylation sites is 1. The highest BCUT2D eigenvalue weighted by atomic mass is 19.1. The summed E-state index contributed by atoms with van der Waals surface area (Å²) >= 11 is 0. The second kappa shape index (κ2) is 6.01. The first-order chi connectivity index (χ1) is 9.54. The quantitative estimate of drug-likeness (QED) is 0.927. The molecular formula is C16H18F2N2. The lowest BCUT2D eigenvalue weighted by atomic mass is 9.99. The summed E-state index contributed by atoms with van der Waals surface area (Å²) in [5.74, 6) is -0.631. The molecule has 2 aromatic rings. The zero-order valence-electron chi connectivity index (χ0n) is 11.6. The Labute approximate surface area is 117 Å². The molecule has 0 saturated carbocycles. The average Bonchev–Trinajstić information content (AvgIpc) is 2.44. The van der Waals surface area contributed by atoms with Gasteiger partial charge in [0.1, 0.15) is 11.6 Å². The summed E-state index contributed by atoms with van der Waals surface area (Å²) in [4.78, 5) is 1.75. The minimum atomic E-state index is -0.317. The molecule has 0 saturated heterocycles. The summed E-state index contributed by atoms with van der Waals surface area (Å²) in [7, 11) is 1.76. The van der Waals surface area contributed by atoms with E-state index in [-0.39, 0.29) is 24.2 Å². The Morgan fingerprint density at radius 1 is 1.15 bits per heavy atom. The molecule has 0 radical (unpaired) electrons. The van der Waals surface area contributed by atoms with Gasteiger partial charge in [-0.2, -0.15) is 0 Å². The van der Waals surface area contributed by atoms with E-state index in [4.69, 9.17) is 5.73 Å². The molecule has 20 heavy (non-hydrogen) atoms. The largest absolute Gasteiger partial charge is 0.364 e. The van der Waals surface area contributed by atoms with Crippen LogP contribution in [0.15, 0.2) is 42.5 Å². The van der Waals surface area contributed by atoms with Crippen LogP contribution in [-0.4, -0.2) is 13.6 Å². The molecule has 2 N–H and O–H groups in total. The summed E-state index contributed by atoms with van der Waals surface area (Å²) in [6.45, 7) is 2.17. The standard InChI is InChI=1S/C16H18F2N2/c1-11-7-8-12(17)9-13(11)16(10-19)20(2)15-6-4-3-5-14(15)18/h3-9,16H,10,19H2,1-2H3. The summed E-state index contributed by atoms with van der Waals surface area (Å²) in [5.41, 5.74) is 7.99. The third-order valence-electron chi connectivity index (χ3n) is 3.52. The molecule has 2 nitrogen and oxygen atoms in total. The van der Waals surface area contributed by atoms with Gasteiger partial charge in [0.2, 0.25) is 0 Å². The molecule has 1 unspecified atom stereocenters. The third kappa shape index (κ3) is 2.80. The maximum absolute atomic E-state index is 13.9. The number of likely N-dealkylation sites (N-methyl/N-ethyl adjacent to an activating group) is 1. The molecular weight excluding hydrogens is 258 g/mol. The van der Waals surface area contributed by atoms with Gasteiger partial charge in [0.05, 0.1) is 11.7 Å². The number of rotatable bonds is 4. The number of hydrogen-bond donors (Lipinski definition) is 1. The minimum Gasteiger partial charge on any atom is -0.364 e. The third-order valence-corrected chi connectivity index (χ3v) is 3.52. The van der Waals surface area contributed by atoms with Gasteiger partial charge >= 0.3 is 0 Å². The van der Waals surface area contributed by atoms with Gasteiger partial charge < -0.3 is 10.6 Å². The predicted octanol–water partition coefficient (Wildman–Crippen LogP) is 3.41. The molecule has 0 bridgehead atoms. The fourth-order valence-electron chi connectivity index (χ4n) is 2.37. The van der Waals surface area contributed by atoms with Crippen molar-refractivity contribution in [3.63, 3.8) is 0 Å². The van der Waals surface area contributed by atoms with Crippen molar-refractivity contribution in [1.82, 2.24) is 0 Å². The van der Waals surface area contributed by atoms with E-state index in [2.05, 4.69) is 0 Å². The molecule has 0 aliphatic rings. The van der Waals surface area contributed by atoms with Crippen LogP contribution in [0.5, 0.6) is 0 Å². The molecule has 0 heterocycles. The molecule has 1 atom stereocenters. The number of halogens is 2. The second-order valence-electron chi connectivity index (χ2n) is 4.81. The maximum atomic E-state index is 13.9. The molecule has 0 spiro atoms. The fraction of sp³-hybridized carbons (Fsp3) is 0.250. The Balaban J connectivity index is 2.42. The Hall–Kier alpha value is -1.94. The number of nitrogens with zero attached hydrogens (tertiary/aromatic N) is 1. The van der Waals surface area contributed by atoms with Crippen molar-refractivity contribution < 1.29 is 8.78 Å². The lowest BCUT2D eigenvalue weighted by molar-refractivity contribution is 0.594. The van der Waals surface area contributed by atoms with Gasteiger partial charge in [0.15, 0.2) is 0 Å². The van der Waals surface area contributed by atoms with Gasteiger partial charge in [0.25, 0.3) is 0 Å². The molecule has 2 rings (SSSR count). The first-order valence-electron chi connectivity index (χ1n) is 6.48. The highest BCUT2D eigenvalue weighted by Crippen LogP contribution is 2.29. The summed E-state index contributed by atoms with van der Waals surface area (Å²) in [5, 5.41) is 0. The Morgan fingerprint density at radius 3 is 2.50 bits per heavy atom. The van der Waals surface area contributed by atoms with Crippen molar-refractivity contribution >= 4 is 5.69 Å². The van der Waals surface area contributed by atoms with Crippen LogP contribution in [0.3, 0.4) is 0 Å². The SMILES string of the molecule is Cc1ccc(F)cc1C(CN)N(C)c1ccccc1F. The van der Waals surface area contributed by atoms with Crippen LogP contribution in [0, 0.1) is 18.6 Å². The lowest BCUT2D eigenvalue weighted by Crippen LogP contribution is -2.31. The first kappa shape index (κ1) is 14.5. The molecule has 106 valence electrons. The Bertz CT molecular complexity index is 599. The number of benzene rings is 2. The smallest absolute Gasteiger partial charge is 0.146 e. The van der Waals surface area contributed by atoms with E-state index in [1.807, 2.05) is 6.92 Å². The predicted molar refractivity (Wildman–Crippen MR) is 77.7 cm³/mol. The topological polar surface area (TPSA) is 29.3 Å². The van der Waals surface area contributed by atoms with Crippen molar-refractivity contribution in [3.05, 3.63) is 65.2 Å². The Morgan fingerprint density at radius 2 is 1.85 bits per heavy atom. The van der Waals surface area contributed by atoms with E-state index in [0.717, 1.165) is 11.1 Å². The van der Waals surface area contributed by atoms with Crippen LogP contribution in [0.1, 0.15) is 17.2 Å². The molecule has 0 aliphatic heterocycles. The molecule has 0 aromatic heterocycles. The van der Waals surface area contributed by atoms with Gasteiger partial charge in [-0.05, 0) is 42.3 Å². The first-order valence-corrected chi connectivity index (χ1v) is 6.48. The number of aryl methyl sites for hydroxylation is 1. The number of anilines is 1. The molecule has 4 heteroatoms. The van der Waals surface area contributed by atoms with Crippen LogP contribution in [0.4, 0.5) is 14.5 Å². The van der Waals surface area contributed by atoms with Gasteiger partial charge in [-0.15, -0.1) is 0 Å². The van der Waals surface area contributed by atoms with Crippen molar-refractivity contribution in [3.8, 4) is 0 Å². The molecule has 0 amide bonds. The monoisotopic (exact) mass is 276 g/mol. The number of hydrogen-bond acceptors (Lipinski definition) is 2. The van der Waals surface area contributed by atoms with Gasteiger partial charge in [-0.1, -0.05) is 18.2 Å². The van der Waals surface area contributed by atoms with Gasteiger partial charge in [-0.3, -0.25) is 0 Å². The normalized spacial score (nSPS) is 12.2. The van der Waals surface area contributed by atoms with Gasteiger partial charge in [0, 0.05) is 13.6 Å². The molecule has 0 aliphatic carbocycles. The van der Waals surface area contributed by atoms with E-state index < -0.39 is 0 Å². The van der Waals surface area contributed by atoms with Crippen molar-refractivity contribution in [2.24, 2.45) is 5.73 Å². The molecule has 2 aromatic carbocycles. The van der Waals surface area contributed by atoms with Crippen LogP contribution < -0.4 is 10.6 Å². The molecule has 0 fully saturated rings. The van der Waals surface area contributed by atoms with E-state index in [0.29, 0.717) is 5.69 Å². The summed E-state index contributed by atoms with van der Waals surface area (Å²) in [6, 6.07) is 10.8. The summed E-state index contributed by atoms with van der Waals surface area (Å²) in [6.07, 6.45) is 0. The van der Waals surface area contributed by atoms with E-state index in [1.165, 1.54) is 18.2 Å². The Kier molecular flexibility index (Phi) is 4.35. The second-order valence-corrected chi connectivity index (χ2v) is 4.81. The van der Waals surface area contributed by atoms with Gasteiger partial charge in [-0.25, -0.2) is 8.78 Å². The van der Waals surface area contributed by atoms with Crippen molar-refractivity contribution in [2.75, 3.05) is 18.5 Å². The maximum Gasteiger partial charge on any atom is 0.146 e. The zero-order chi connectivity index (χ0) is 14.7. The van der Waals surface area contributed by atoms with E-state index in [1.54, 1.807) is 36.2 Å². The highest BCUT2D eigenvalue weighted by Gasteiger charge is 2.20. The average molecular weight is 276 g/mol. The number of nitrogens with two attached hydrogens (primary N) is 1. The zero-order valence-corrected chi connectivity index (χ0v) is 11.6. The van der Waals surface area contributed by atoms with Crippen LogP contribution in [0.25, 0.3) is 0 Å². The summed E-state index contributed by atoms with van der Waals surface area (Å²) < 4.78 is 27.3. The lowest BCUT2D eigenvalue weighted by Gasteiger charge is -2.30. The van der Waals surface area contributed by atoms with Crippen LogP contribution in [-0.2, 0) is 0 Å². The highest BCUT2D eigenvalue weighted by molar-refractivity contribution is 5.50. The van der Waals surface area contributed by atoms with Crippen molar-refractivity contribution in [1.29, 1.82) is 0 Å². The van der Waals surface area contributed by atoms with Crippen LogP contribution in [0.2, 0.25) is 0 Å².